The van der Waals surface area contributed by atoms with Crippen molar-refractivity contribution in [2.24, 2.45) is 5.92 Å². The van der Waals surface area contributed by atoms with Gasteiger partial charge in [0.1, 0.15) is 11.2 Å². The second-order valence-electron chi connectivity index (χ2n) is 9.20. The van der Waals surface area contributed by atoms with Gasteiger partial charge in [0.25, 0.3) is 11.5 Å². The van der Waals surface area contributed by atoms with E-state index in [4.69, 9.17) is 4.74 Å². The molecule has 5 rings (SSSR count). The van der Waals surface area contributed by atoms with Crippen LogP contribution in [0.3, 0.4) is 0 Å². The molecule has 2 aromatic rings. The van der Waals surface area contributed by atoms with Gasteiger partial charge in [0.15, 0.2) is 0 Å². The third-order valence-corrected chi connectivity index (χ3v) is 7.22. The van der Waals surface area contributed by atoms with E-state index in [9.17, 15) is 9.59 Å². The van der Waals surface area contributed by atoms with Crippen molar-refractivity contribution in [3.05, 3.63) is 51.2 Å². The Morgan fingerprint density at radius 2 is 2.09 bits per heavy atom. The van der Waals surface area contributed by atoms with E-state index < -0.39 is 0 Å². The molecule has 5 heterocycles. The summed E-state index contributed by atoms with van der Waals surface area (Å²) in [4.78, 5) is 28.4. The average Bonchev–Trinajstić information content (AvgIpc) is 3.28. The first-order valence-corrected chi connectivity index (χ1v) is 11.4. The van der Waals surface area contributed by atoms with Crippen molar-refractivity contribution in [2.75, 3.05) is 32.8 Å². The van der Waals surface area contributed by atoms with E-state index in [1.54, 1.807) is 4.57 Å². The molecule has 3 aliphatic heterocycles. The van der Waals surface area contributed by atoms with Crippen LogP contribution in [0, 0.1) is 12.8 Å². The SMILES string of the molecule is Cc1ccn(CC2CCCNC2)c(=O)c1C(=O)N1CCC2(CC1)OCCc1cn[nH]c12.Cl.Cl. The van der Waals surface area contributed by atoms with Crippen LogP contribution in [0.2, 0.25) is 0 Å². The van der Waals surface area contributed by atoms with E-state index >= 15 is 0 Å². The molecule has 1 unspecified atom stereocenters. The summed E-state index contributed by atoms with van der Waals surface area (Å²) in [6.45, 7) is 6.30. The predicted molar refractivity (Wildman–Crippen MR) is 131 cm³/mol. The summed E-state index contributed by atoms with van der Waals surface area (Å²) in [5.41, 5.74) is 2.78. The number of aromatic nitrogens is 3. The number of fused-ring (bicyclic) bond motifs is 2. The molecular weight excluding hydrogens is 465 g/mol. The molecule has 2 N–H and O–H groups in total. The minimum absolute atomic E-state index is 0. The Labute approximate surface area is 206 Å². The molecule has 2 saturated heterocycles. The van der Waals surface area contributed by atoms with Crippen LogP contribution < -0.4 is 10.9 Å². The van der Waals surface area contributed by atoms with Crippen molar-refractivity contribution >= 4 is 30.7 Å². The molecule has 10 heteroatoms. The summed E-state index contributed by atoms with van der Waals surface area (Å²) >= 11 is 0. The fourth-order valence-corrected chi connectivity index (χ4v) is 5.37. The zero-order chi connectivity index (χ0) is 21.4. The standard InChI is InChI=1S/C23H31N5O3.2ClH/c1-16-4-9-28(15-17-3-2-8-24-13-17)22(30)19(16)21(29)27-10-6-23(7-11-27)20-18(5-12-31-23)14-25-26-20;;/h4,9,14,17,24H,2-3,5-8,10-13,15H2,1H3,(H,25,26);2*1H. The number of hydrogen-bond donors (Lipinski definition) is 2. The smallest absolute Gasteiger partial charge is 0.263 e. The van der Waals surface area contributed by atoms with Crippen molar-refractivity contribution < 1.29 is 9.53 Å². The van der Waals surface area contributed by atoms with Crippen LogP contribution >= 0.6 is 24.8 Å². The van der Waals surface area contributed by atoms with Crippen molar-refractivity contribution in [1.82, 2.24) is 25.0 Å². The van der Waals surface area contributed by atoms with Crippen molar-refractivity contribution in [2.45, 2.75) is 51.2 Å². The van der Waals surface area contributed by atoms with Crippen LogP contribution in [0.5, 0.6) is 0 Å². The third-order valence-electron chi connectivity index (χ3n) is 7.22. The maximum absolute atomic E-state index is 13.4. The lowest BCUT2D eigenvalue weighted by Crippen LogP contribution is -2.49. The lowest BCUT2D eigenvalue weighted by Gasteiger charge is -2.43. The second kappa shape index (κ2) is 10.6. The van der Waals surface area contributed by atoms with Crippen LogP contribution in [-0.4, -0.2) is 58.4 Å². The largest absolute Gasteiger partial charge is 0.368 e. The number of rotatable bonds is 3. The molecule has 1 amide bonds. The molecule has 1 atom stereocenters. The lowest BCUT2D eigenvalue weighted by atomic mass is 9.83. The lowest BCUT2D eigenvalue weighted by molar-refractivity contribution is -0.0962. The van der Waals surface area contributed by atoms with Gasteiger partial charge in [0, 0.05) is 25.8 Å². The van der Waals surface area contributed by atoms with E-state index in [1.165, 1.54) is 5.56 Å². The van der Waals surface area contributed by atoms with Crippen LogP contribution in [0.15, 0.2) is 23.3 Å². The van der Waals surface area contributed by atoms with E-state index in [2.05, 4.69) is 15.5 Å². The third kappa shape index (κ3) is 4.85. The highest BCUT2D eigenvalue weighted by Gasteiger charge is 2.43. The number of aryl methyl sites for hydroxylation is 1. The molecule has 0 aliphatic carbocycles. The maximum Gasteiger partial charge on any atom is 0.263 e. The van der Waals surface area contributed by atoms with Gasteiger partial charge in [-0.15, -0.1) is 24.8 Å². The number of halogens is 2. The Balaban J connectivity index is 0.00000153. The number of ether oxygens (including phenoxy) is 1. The summed E-state index contributed by atoms with van der Waals surface area (Å²) in [5.74, 6) is 0.271. The Hall–Kier alpha value is -1.87. The Morgan fingerprint density at radius 3 is 2.82 bits per heavy atom. The number of carbonyl (C=O) groups is 1. The van der Waals surface area contributed by atoms with E-state index in [0.29, 0.717) is 50.6 Å². The summed E-state index contributed by atoms with van der Waals surface area (Å²) < 4.78 is 7.92. The molecule has 1 spiro atoms. The normalized spacial score (nSPS) is 21.6. The minimum atomic E-state index is -0.388. The molecule has 2 fully saturated rings. The monoisotopic (exact) mass is 497 g/mol. The van der Waals surface area contributed by atoms with Crippen molar-refractivity contribution in [3.8, 4) is 0 Å². The summed E-state index contributed by atoms with van der Waals surface area (Å²) in [6.07, 6.45) is 8.25. The van der Waals surface area contributed by atoms with E-state index in [1.807, 2.05) is 30.3 Å². The topological polar surface area (TPSA) is 92.2 Å². The summed E-state index contributed by atoms with van der Waals surface area (Å²) in [5, 5.41) is 10.7. The van der Waals surface area contributed by atoms with Crippen molar-refractivity contribution in [1.29, 1.82) is 0 Å². The number of likely N-dealkylation sites (tertiary alicyclic amines) is 1. The van der Waals surface area contributed by atoms with Gasteiger partial charge in [-0.1, -0.05) is 0 Å². The molecule has 0 radical (unpaired) electrons. The predicted octanol–water partition coefficient (Wildman–Crippen LogP) is 2.43. The van der Waals surface area contributed by atoms with Gasteiger partial charge in [-0.05, 0) is 75.2 Å². The van der Waals surface area contributed by atoms with E-state index in [-0.39, 0.29) is 41.9 Å². The number of amides is 1. The molecule has 3 aliphatic rings. The Kier molecular flexibility index (Phi) is 8.26. The zero-order valence-corrected chi connectivity index (χ0v) is 20.6. The summed E-state index contributed by atoms with van der Waals surface area (Å²) in [6, 6.07) is 1.90. The van der Waals surface area contributed by atoms with E-state index in [0.717, 1.165) is 43.6 Å². The minimum Gasteiger partial charge on any atom is -0.368 e. The van der Waals surface area contributed by atoms with Gasteiger partial charge < -0.3 is 19.5 Å². The molecule has 0 aromatic carbocycles. The van der Waals surface area contributed by atoms with Gasteiger partial charge in [-0.25, -0.2) is 0 Å². The van der Waals surface area contributed by atoms with Crippen molar-refractivity contribution in [3.63, 3.8) is 0 Å². The summed E-state index contributed by atoms with van der Waals surface area (Å²) in [7, 11) is 0. The van der Waals surface area contributed by atoms with Gasteiger partial charge in [-0.2, -0.15) is 5.10 Å². The van der Waals surface area contributed by atoms with Gasteiger partial charge in [0.05, 0.1) is 18.5 Å². The molecule has 182 valence electrons. The number of carbonyl (C=O) groups excluding carboxylic acids is 1. The highest BCUT2D eigenvalue weighted by molar-refractivity contribution is 5.95. The van der Waals surface area contributed by atoms with Crippen LogP contribution in [0.25, 0.3) is 0 Å². The number of pyridine rings is 1. The highest BCUT2D eigenvalue weighted by atomic mass is 35.5. The fourth-order valence-electron chi connectivity index (χ4n) is 5.37. The Morgan fingerprint density at radius 1 is 1.30 bits per heavy atom. The first-order valence-electron chi connectivity index (χ1n) is 11.4. The first-order chi connectivity index (χ1) is 15.1. The maximum atomic E-state index is 13.4. The van der Waals surface area contributed by atoms with Gasteiger partial charge >= 0.3 is 0 Å². The van der Waals surface area contributed by atoms with Gasteiger partial charge in [0.2, 0.25) is 0 Å². The van der Waals surface area contributed by atoms with Crippen LogP contribution in [0.1, 0.15) is 52.9 Å². The zero-order valence-electron chi connectivity index (χ0n) is 19.0. The molecule has 2 aromatic heterocycles. The number of aromatic amines is 1. The molecule has 33 heavy (non-hydrogen) atoms. The number of nitrogens with one attached hydrogen (secondary N) is 2. The average molecular weight is 498 g/mol. The number of H-pyrrole nitrogens is 1. The second-order valence-corrected chi connectivity index (χ2v) is 9.20. The van der Waals surface area contributed by atoms with Gasteiger partial charge in [-0.3, -0.25) is 14.7 Å². The molecule has 0 saturated carbocycles. The first kappa shape index (κ1) is 25.7. The molecule has 0 bridgehead atoms. The van der Waals surface area contributed by atoms with Crippen LogP contribution in [0.4, 0.5) is 0 Å². The molecule has 8 nitrogen and oxygen atoms in total. The number of hydrogen-bond acceptors (Lipinski definition) is 5. The number of piperidine rings is 2. The highest BCUT2D eigenvalue weighted by Crippen LogP contribution is 2.40. The fraction of sp³-hybridized carbons (Fsp3) is 0.609. The number of nitrogens with zero attached hydrogens (tertiary/aromatic N) is 3. The molecular formula is C23H33Cl2N5O3. The quantitative estimate of drug-likeness (QED) is 0.679. The van der Waals surface area contributed by atoms with Crippen LogP contribution in [-0.2, 0) is 23.3 Å². The Bertz CT molecular complexity index is 1020.